The first-order valence-electron chi connectivity index (χ1n) is 16.0. The number of fused-ring (bicyclic) bond motifs is 2. The van der Waals surface area contributed by atoms with E-state index in [-0.39, 0.29) is 11.6 Å². The van der Waals surface area contributed by atoms with Crippen molar-refractivity contribution in [3.05, 3.63) is 99.6 Å². The van der Waals surface area contributed by atoms with Crippen LogP contribution in [0.3, 0.4) is 0 Å². The lowest BCUT2D eigenvalue weighted by Gasteiger charge is -2.29. The summed E-state index contributed by atoms with van der Waals surface area (Å²) in [5.74, 6) is 0.287. The van der Waals surface area contributed by atoms with Crippen LogP contribution < -0.4 is 15.0 Å². The van der Waals surface area contributed by atoms with E-state index in [1.165, 1.54) is 60.3 Å². The molecular weight excluding hydrogens is 617 g/mol. The lowest BCUT2D eigenvalue weighted by molar-refractivity contribution is 0.0690. The summed E-state index contributed by atoms with van der Waals surface area (Å²) in [6.07, 6.45) is 8.52. The highest BCUT2D eigenvalue weighted by Crippen LogP contribution is 2.35. The molecule has 2 N–H and O–H groups in total. The second-order valence-electron chi connectivity index (χ2n) is 12.0. The first kappa shape index (κ1) is 30.4. The monoisotopic (exact) mass is 652 g/mol. The number of aromatic nitrogens is 2. The first-order valence-corrected chi connectivity index (χ1v) is 17.6. The molecule has 8 nitrogen and oxygen atoms in total. The molecule has 3 heterocycles. The standard InChI is InChI=1S/C36H36N4O4S2/c41-33(39-35-37-29-12-4-5-13-30(29)45-35)27-11-6-10-25-19-20-40(22-28(25)27)36-38-32(34(42)43)31(46-36)14-7-21-44-26-17-15-24(16-18-26)23-8-2-1-3-9-23/h4-6,10-13,15-18,23H,1-3,7-9,14,19-22H2,(H,42,43)(H,37,39,41). The molecule has 0 spiro atoms. The summed E-state index contributed by atoms with van der Waals surface area (Å²) in [5, 5.41) is 14.2. The zero-order chi connectivity index (χ0) is 31.5. The van der Waals surface area contributed by atoms with Crippen LogP contribution >= 0.6 is 22.7 Å². The number of aryl methyl sites for hydroxylation is 1. The lowest BCUT2D eigenvalue weighted by atomic mass is 9.84. The zero-order valence-corrected chi connectivity index (χ0v) is 27.2. The number of carbonyl (C=O) groups is 2. The predicted molar refractivity (Wildman–Crippen MR) is 184 cm³/mol. The van der Waals surface area contributed by atoms with Crippen molar-refractivity contribution in [1.29, 1.82) is 0 Å². The molecule has 10 heteroatoms. The number of carboxylic acid groups (broad SMARTS) is 1. The molecule has 0 saturated heterocycles. The number of ether oxygens (including phenoxy) is 1. The molecule has 0 radical (unpaired) electrons. The molecule has 2 aliphatic rings. The van der Waals surface area contributed by atoms with Crippen molar-refractivity contribution in [1.82, 2.24) is 9.97 Å². The van der Waals surface area contributed by atoms with Crippen molar-refractivity contribution < 1.29 is 19.4 Å². The highest BCUT2D eigenvalue weighted by atomic mass is 32.1. The number of anilines is 2. The van der Waals surface area contributed by atoms with Gasteiger partial charge in [0.15, 0.2) is 16.0 Å². The van der Waals surface area contributed by atoms with Gasteiger partial charge in [0.2, 0.25) is 0 Å². The van der Waals surface area contributed by atoms with E-state index in [1.54, 1.807) is 0 Å². The Hall–Kier alpha value is -4.28. The van der Waals surface area contributed by atoms with Crippen LogP contribution in [0.4, 0.5) is 10.3 Å². The molecule has 1 amide bonds. The smallest absolute Gasteiger partial charge is 0.355 e. The summed E-state index contributed by atoms with van der Waals surface area (Å²) in [6, 6.07) is 22.1. The van der Waals surface area contributed by atoms with E-state index in [0.29, 0.717) is 54.3 Å². The van der Waals surface area contributed by atoms with E-state index in [0.717, 1.165) is 38.4 Å². The van der Waals surface area contributed by atoms with E-state index in [4.69, 9.17) is 4.74 Å². The number of nitrogens with zero attached hydrogens (tertiary/aromatic N) is 3. The van der Waals surface area contributed by atoms with E-state index in [2.05, 4.69) is 50.5 Å². The predicted octanol–water partition coefficient (Wildman–Crippen LogP) is 8.33. The normalized spacial score (nSPS) is 15.1. The second kappa shape index (κ2) is 13.6. The number of rotatable bonds is 10. The summed E-state index contributed by atoms with van der Waals surface area (Å²) in [7, 11) is 0. The molecule has 46 heavy (non-hydrogen) atoms. The Kier molecular flexibility index (Phi) is 8.98. The number of benzene rings is 3. The van der Waals surface area contributed by atoms with Crippen LogP contribution in [0.5, 0.6) is 5.75 Å². The minimum atomic E-state index is -1.02. The highest BCUT2D eigenvalue weighted by Gasteiger charge is 2.27. The van der Waals surface area contributed by atoms with Gasteiger partial charge in [0, 0.05) is 23.5 Å². The number of para-hydroxylation sites is 1. The molecule has 1 aliphatic carbocycles. The molecule has 0 bridgehead atoms. The van der Waals surface area contributed by atoms with E-state index >= 15 is 0 Å². The number of hydrogen-bond acceptors (Lipinski definition) is 8. The Morgan fingerprint density at radius 1 is 0.957 bits per heavy atom. The third-order valence-corrected chi connectivity index (χ3v) is 11.1. The van der Waals surface area contributed by atoms with Gasteiger partial charge in [-0.25, -0.2) is 14.8 Å². The van der Waals surface area contributed by atoms with Crippen LogP contribution in [0, 0.1) is 0 Å². The maximum atomic E-state index is 13.4. The van der Waals surface area contributed by atoms with Gasteiger partial charge in [-0.1, -0.05) is 67.0 Å². The summed E-state index contributed by atoms with van der Waals surface area (Å²) in [4.78, 5) is 37.5. The number of thiazole rings is 2. The molecule has 236 valence electrons. The quantitative estimate of drug-likeness (QED) is 0.146. The van der Waals surface area contributed by atoms with E-state index in [9.17, 15) is 14.7 Å². The van der Waals surface area contributed by atoms with Crippen LogP contribution in [0.15, 0.2) is 66.7 Å². The minimum absolute atomic E-state index is 0.101. The van der Waals surface area contributed by atoms with Gasteiger partial charge < -0.3 is 14.7 Å². The Morgan fingerprint density at radius 3 is 2.59 bits per heavy atom. The summed E-state index contributed by atoms with van der Waals surface area (Å²) in [6.45, 7) is 1.67. The topological polar surface area (TPSA) is 105 Å². The fourth-order valence-corrected chi connectivity index (χ4v) is 8.53. The van der Waals surface area contributed by atoms with Gasteiger partial charge in [0.1, 0.15) is 5.75 Å². The zero-order valence-electron chi connectivity index (χ0n) is 25.5. The molecule has 1 saturated carbocycles. The van der Waals surface area contributed by atoms with Gasteiger partial charge in [0.25, 0.3) is 5.91 Å². The molecular formula is C36H36N4O4S2. The number of nitrogens with one attached hydrogen (secondary N) is 1. The van der Waals surface area contributed by atoms with Crippen molar-refractivity contribution >= 4 is 55.0 Å². The van der Waals surface area contributed by atoms with Gasteiger partial charge in [-0.15, -0.1) is 11.3 Å². The first-order chi connectivity index (χ1) is 22.5. The third kappa shape index (κ3) is 6.64. The maximum Gasteiger partial charge on any atom is 0.355 e. The van der Waals surface area contributed by atoms with E-state index in [1.807, 2.05) is 36.4 Å². The van der Waals surface area contributed by atoms with Crippen molar-refractivity contribution in [2.24, 2.45) is 0 Å². The Labute approximate surface area is 276 Å². The Bertz CT molecular complexity index is 1830. The number of aromatic carboxylic acids is 1. The summed E-state index contributed by atoms with van der Waals surface area (Å²) in [5.41, 5.74) is 5.01. The van der Waals surface area contributed by atoms with Gasteiger partial charge in [-0.05, 0) is 85.0 Å². The van der Waals surface area contributed by atoms with Crippen molar-refractivity contribution in [3.63, 3.8) is 0 Å². The lowest BCUT2D eigenvalue weighted by Crippen LogP contribution is -2.32. The average Bonchev–Trinajstić information content (AvgIpc) is 3.71. The molecule has 1 aliphatic heterocycles. The number of carbonyl (C=O) groups excluding carboxylic acids is 1. The Balaban J connectivity index is 0.996. The average molecular weight is 653 g/mol. The van der Waals surface area contributed by atoms with Gasteiger partial charge in [0.05, 0.1) is 16.8 Å². The molecule has 2 aromatic heterocycles. The van der Waals surface area contributed by atoms with Crippen molar-refractivity contribution in [3.8, 4) is 5.75 Å². The molecule has 3 aromatic carbocycles. The van der Waals surface area contributed by atoms with E-state index < -0.39 is 5.97 Å². The summed E-state index contributed by atoms with van der Waals surface area (Å²) < 4.78 is 7.03. The maximum absolute atomic E-state index is 13.4. The van der Waals surface area contributed by atoms with Gasteiger partial charge in [-0.3, -0.25) is 10.1 Å². The third-order valence-electron chi connectivity index (χ3n) is 8.96. The molecule has 1 fully saturated rings. The van der Waals surface area contributed by atoms with Crippen LogP contribution in [0.25, 0.3) is 10.2 Å². The van der Waals surface area contributed by atoms with Crippen molar-refractivity contribution in [2.75, 3.05) is 23.4 Å². The van der Waals surface area contributed by atoms with Crippen LogP contribution in [-0.4, -0.2) is 40.1 Å². The van der Waals surface area contributed by atoms with Crippen LogP contribution in [0.2, 0.25) is 0 Å². The van der Waals surface area contributed by atoms with Crippen molar-refractivity contribution in [2.45, 2.75) is 63.8 Å². The molecule has 5 aromatic rings. The SMILES string of the molecule is O=C(Nc1nc2ccccc2s1)c1cccc2c1CN(c1nc(C(=O)O)c(CCCOc3ccc(C4CCCCC4)cc3)s1)CC2. The minimum Gasteiger partial charge on any atom is -0.494 e. The fourth-order valence-electron chi connectivity index (χ4n) is 6.55. The van der Waals surface area contributed by atoms with Crippen LogP contribution in [-0.2, 0) is 19.4 Å². The highest BCUT2D eigenvalue weighted by molar-refractivity contribution is 7.22. The molecule has 7 rings (SSSR count). The second-order valence-corrected chi connectivity index (χ2v) is 14.1. The fraction of sp³-hybridized carbons (Fsp3) is 0.333. The molecule has 0 unspecified atom stereocenters. The number of hydrogen-bond donors (Lipinski definition) is 2. The van der Waals surface area contributed by atoms with Crippen LogP contribution in [0.1, 0.15) is 86.9 Å². The van der Waals surface area contributed by atoms with Gasteiger partial charge >= 0.3 is 5.97 Å². The number of carboxylic acids is 1. The number of amides is 1. The Morgan fingerprint density at radius 2 is 1.78 bits per heavy atom. The summed E-state index contributed by atoms with van der Waals surface area (Å²) >= 11 is 2.87. The van der Waals surface area contributed by atoms with Gasteiger partial charge in [-0.2, -0.15) is 0 Å². The largest absolute Gasteiger partial charge is 0.494 e. The molecule has 0 atom stereocenters.